The van der Waals surface area contributed by atoms with Gasteiger partial charge in [0.2, 0.25) is 0 Å². The molecule has 10 heteroatoms. The lowest BCUT2D eigenvalue weighted by atomic mass is 9.81. The van der Waals surface area contributed by atoms with Gasteiger partial charge in [0.25, 0.3) is 0 Å². The molecule has 4 heterocycles. The Bertz CT molecular complexity index is 1300. The van der Waals surface area contributed by atoms with Crippen LogP contribution in [0, 0.1) is 29.6 Å². The van der Waals surface area contributed by atoms with Gasteiger partial charge in [0, 0.05) is 31.6 Å². The average molecular weight is 699 g/mol. The summed E-state index contributed by atoms with van der Waals surface area (Å²) in [6, 6.07) is 20.2. The van der Waals surface area contributed by atoms with E-state index in [-0.39, 0.29) is 66.2 Å². The molecule has 0 radical (unpaired) electrons. The molecule has 278 valence electrons. The van der Waals surface area contributed by atoms with E-state index in [4.69, 9.17) is 47.4 Å². The highest BCUT2D eigenvalue weighted by Crippen LogP contribution is 2.42. The smallest absolute Gasteiger partial charge is 0.185 e. The first-order valence-corrected chi connectivity index (χ1v) is 18.4. The van der Waals surface area contributed by atoms with E-state index in [9.17, 15) is 0 Å². The molecule has 6 rings (SSSR count). The second-order valence-electron chi connectivity index (χ2n) is 14.8. The third-order valence-corrected chi connectivity index (χ3v) is 11.6. The fourth-order valence-electron chi connectivity index (χ4n) is 8.02. The minimum atomic E-state index is -0.661. The largest absolute Gasteiger partial charge is 0.382 e. The Balaban J connectivity index is 1.13. The first kappa shape index (κ1) is 37.8. The van der Waals surface area contributed by atoms with Gasteiger partial charge in [-0.15, -0.1) is 0 Å². The van der Waals surface area contributed by atoms with Crippen molar-refractivity contribution in [2.24, 2.45) is 29.6 Å². The number of fused-ring (bicyclic) bond motifs is 1. The minimum absolute atomic E-state index is 0.0523. The predicted molar refractivity (Wildman–Crippen MR) is 186 cm³/mol. The maximum atomic E-state index is 6.90. The highest BCUT2D eigenvalue weighted by atomic mass is 16.8. The highest BCUT2D eigenvalue weighted by Gasteiger charge is 2.52. The Morgan fingerprint density at radius 3 is 1.98 bits per heavy atom. The van der Waals surface area contributed by atoms with Crippen molar-refractivity contribution in [3.05, 3.63) is 71.8 Å². The van der Waals surface area contributed by atoms with Crippen molar-refractivity contribution in [1.29, 1.82) is 0 Å². The van der Waals surface area contributed by atoms with Crippen LogP contribution < -0.4 is 0 Å². The molecule has 0 aromatic heterocycles. The molecule has 0 spiro atoms. The Hall–Kier alpha value is -1.96. The van der Waals surface area contributed by atoms with Gasteiger partial charge in [-0.2, -0.15) is 0 Å². The molecule has 7 unspecified atom stereocenters. The summed E-state index contributed by atoms with van der Waals surface area (Å²) >= 11 is 0. The highest BCUT2D eigenvalue weighted by molar-refractivity contribution is 5.17. The molecule has 0 amide bonds. The lowest BCUT2D eigenvalue weighted by Gasteiger charge is -2.51. The fourth-order valence-corrected chi connectivity index (χ4v) is 8.02. The minimum Gasteiger partial charge on any atom is -0.382 e. The van der Waals surface area contributed by atoms with E-state index in [1.165, 1.54) is 0 Å². The van der Waals surface area contributed by atoms with E-state index in [2.05, 4.69) is 53.7 Å². The number of benzene rings is 2. The third kappa shape index (κ3) is 8.31. The fraction of sp³-hybridized carbons (Fsp3) is 0.700. The van der Waals surface area contributed by atoms with E-state index in [0.29, 0.717) is 26.4 Å². The molecule has 4 aliphatic rings. The van der Waals surface area contributed by atoms with Crippen molar-refractivity contribution in [3.8, 4) is 0 Å². The van der Waals surface area contributed by atoms with E-state index >= 15 is 0 Å². The monoisotopic (exact) mass is 698 g/mol. The first-order valence-electron chi connectivity index (χ1n) is 18.4. The molecule has 2 aromatic rings. The van der Waals surface area contributed by atoms with Gasteiger partial charge in [-0.3, -0.25) is 0 Å². The van der Waals surface area contributed by atoms with Crippen molar-refractivity contribution < 1.29 is 47.4 Å². The van der Waals surface area contributed by atoms with Gasteiger partial charge >= 0.3 is 0 Å². The molecule has 0 bridgehead atoms. The van der Waals surface area contributed by atoms with Gasteiger partial charge < -0.3 is 47.4 Å². The predicted octanol–water partition coefficient (Wildman–Crippen LogP) is 6.17. The molecule has 10 nitrogen and oxygen atoms in total. The molecular weight excluding hydrogens is 640 g/mol. The zero-order chi connectivity index (χ0) is 35.4. The number of hydrogen-bond donors (Lipinski definition) is 0. The summed E-state index contributed by atoms with van der Waals surface area (Å²) in [5, 5.41) is 0. The Labute approximate surface area is 298 Å². The van der Waals surface area contributed by atoms with Crippen LogP contribution in [-0.2, 0) is 54.0 Å². The van der Waals surface area contributed by atoms with Crippen molar-refractivity contribution in [2.75, 3.05) is 34.0 Å². The second kappa shape index (κ2) is 17.2. The second-order valence-corrected chi connectivity index (χ2v) is 14.8. The standard InChI is InChI=1S/C40H58O10/c1-23-24(2)34(32(45-28(23)6)21-43-19-29-15-11-9-12-16-29)50-40-37(42-8)27(5)36(31(47-40)20-41-7)48-38-26(4)25(3)35-33(46-38)22-44-39(49-35)30-17-13-10-14-18-30/h9-18,23-28,31-40H,19-22H2,1-8H3/t23?,24-,25?,26?,27?,28+,31-,32?,33+,34-,35+,36+,37?,38-,39?,40-/m1/s1. The lowest BCUT2D eigenvalue weighted by Crippen LogP contribution is -2.62. The summed E-state index contributed by atoms with van der Waals surface area (Å²) in [6.07, 6.45) is -3.58. The zero-order valence-corrected chi connectivity index (χ0v) is 30.9. The van der Waals surface area contributed by atoms with Gasteiger partial charge in [-0.05, 0) is 30.2 Å². The van der Waals surface area contributed by atoms with Crippen LogP contribution in [0.5, 0.6) is 0 Å². The van der Waals surface area contributed by atoms with Crippen LogP contribution in [-0.4, -0.2) is 95.5 Å². The van der Waals surface area contributed by atoms with Crippen LogP contribution >= 0.6 is 0 Å². The number of methoxy groups -OCH3 is 2. The quantitative estimate of drug-likeness (QED) is 0.257. The summed E-state index contributed by atoms with van der Waals surface area (Å²) < 4.78 is 64.2. The van der Waals surface area contributed by atoms with Crippen molar-refractivity contribution in [1.82, 2.24) is 0 Å². The van der Waals surface area contributed by atoms with Gasteiger partial charge in [-0.1, -0.05) is 95.3 Å². The molecule has 2 aromatic carbocycles. The number of ether oxygens (including phenoxy) is 10. The molecule has 4 fully saturated rings. The SMILES string of the molecule is COC[C@H]1O[C@H](O[C@H]2C(COCc3ccccc3)O[C@@H](C)C(C)[C@H]2C)C(OC)C(C)[C@@H]1O[C@H]1O[C@H]2COC(c3ccccc3)O[C@H]2C(C)C1C. The molecule has 16 atom stereocenters. The van der Waals surface area contributed by atoms with Crippen LogP contribution in [0.4, 0.5) is 0 Å². The third-order valence-electron chi connectivity index (χ3n) is 11.6. The van der Waals surface area contributed by atoms with Crippen LogP contribution in [0.25, 0.3) is 0 Å². The van der Waals surface area contributed by atoms with E-state index in [1.807, 2.05) is 48.5 Å². The maximum absolute atomic E-state index is 6.90. The van der Waals surface area contributed by atoms with Crippen molar-refractivity contribution in [2.45, 2.75) is 116 Å². The van der Waals surface area contributed by atoms with Crippen LogP contribution in [0.15, 0.2) is 60.7 Å². The van der Waals surface area contributed by atoms with Gasteiger partial charge in [0.05, 0.1) is 50.8 Å². The first-order chi connectivity index (χ1) is 24.2. The van der Waals surface area contributed by atoms with E-state index in [0.717, 1.165) is 11.1 Å². The Kier molecular flexibility index (Phi) is 13.0. The molecule has 4 aliphatic heterocycles. The summed E-state index contributed by atoms with van der Waals surface area (Å²) in [5.74, 6) is 0.596. The van der Waals surface area contributed by atoms with Crippen molar-refractivity contribution in [3.63, 3.8) is 0 Å². The molecule has 0 N–H and O–H groups in total. The summed E-state index contributed by atoms with van der Waals surface area (Å²) in [7, 11) is 3.38. The zero-order valence-electron chi connectivity index (χ0n) is 30.9. The summed E-state index contributed by atoms with van der Waals surface area (Å²) in [5.41, 5.74) is 2.13. The Morgan fingerprint density at radius 1 is 0.620 bits per heavy atom. The molecule has 0 saturated carbocycles. The topological polar surface area (TPSA) is 92.3 Å². The molecule has 50 heavy (non-hydrogen) atoms. The van der Waals surface area contributed by atoms with Gasteiger partial charge in [0.15, 0.2) is 18.9 Å². The average Bonchev–Trinajstić information content (AvgIpc) is 3.13. The summed E-state index contributed by atoms with van der Waals surface area (Å²) in [6.45, 7) is 14.7. The van der Waals surface area contributed by atoms with Crippen LogP contribution in [0.2, 0.25) is 0 Å². The van der Waals surface area contributed by atoms with E-state index in [1.54, 1.807) is 14.2 Å². The van der Waals surface area contributed by atoms with Gasteiger partial charge in [-0.25, -0.2) is 0 Å². The summed E-state index contributed by atoms with van der Waals surface area (Å²) in [4.78, 5) is 0. The molecular formula is C40H58O10. The maximum Gasteiger partial charge on any atom is 0.185 e. The van der Waals surface area contributed by atoms with Gasteiger partial charge in [0.1, 0.15) is 24.4 Å². The van der Waals surface area contributed by atoms with E-state index < -0.39 is 31.1 Å². The van der Waals surface area contributed by atoms with Crippen LogP contribution in [0.3, 0.4) is 0 Å². The lowest BCUT2D eigenvalue weighted by molar-refractivity contribution is -0.375. The molecule has 0 aliphatic carbocycles. The van der Waals surface area contributed by atoms with Crippen LogP contribution in [0.1, 0.15) is 59.0 Å². The van der Waals surface area contributed by atoms with Crippen molar-refractivity contribution >= 4 is 0 Å². The molecule has 4 saturated heterocycles. The number of hydrogen-bond acceptors (Lipinski definition) is 10. The Morgan fingerprint density at radius 2 is 1.28 bits per heavy atom. The number of rotatable bonds is 12. The normalized spacial score (nSPS) is 42.2.